The number of halogens is 2. The molecule has 8 nitrogen and oxygen atoms in total. The Hall–Kier alpha value is -4.35. The number of amides is 1. The maximum absolute atomic E-state index is 13.6. The number of benzene rings is 4. The molecule has 238 valence electrons. The van der Waals surface area contributed by atoms with Crippen molar-refractivity contribution >= 4 is 68.9 Å². The molecule has 0 saturated carbocycles. The van der Waals surface area contributed by atoms with Crippen molar-refractivity contribution in [3.63, 3.8) is 0 Å². The number of nitrogens with zero attached hydrogens (tertiary/aromatic N) is 3. The minimum Gasteiger partial charge on any atom is -0.507 e. The molecule has 47 heavy (non-hydrogen) atoms. The standard InChI is InChI=1S/C35H27Cl2N3O5S2/c1-20-5-3-6-21(15-20)18-45-26-13-10-22(11-14-26)31(41)29-30(23-7-4-8-27(16-23)44-2)40(33(43)32(29)42)34-38-39-35(47-34)46-19-24-9-12-25(36)17-28(24)37/h3-17,30,41H,18-19H2,1-2H3/b31-29+. The quantitative estimate of drug-likeness (QED) is 0.0507. The van der Waals surface area contributed by atoms with Crippen LogP contribution in [0.5, 0.6) is 11.5 Å². The Balaban J connectivity index is 1.31. The van der Waals surface area contributed by atoms with Crippen molar-refractivity contribution in [2.45, 2.75) is 29.7 Å². The SMILES string of the molecule is COc1cccc(C2/C(=C(\O)c3ccc(OCc4cccc(C)c4)cc3)C(=O)C(=O)N2c2nnc(SCc3ccc(Cl)cc3Cl)s2)c1. The van der Waals surface area contributed by atoms with E-state index in [0.29, 0.717) is 49.4 Å². The molecule has 0 spiro atoms. The number of rotatable bonds is 10. The predicted octanol–water partition coefficient (Wildman–Crippen LogP) is 8.66. The summed E-state index contributed by atoms with van der Waals surface area (Å²) in [4.78, 5) is 28.6. The van der Waals surface area contributed by atoms with Gasteiger partial charge in [0.2, 0.25) is 5.13 Å². The van der Waals surface area contributed by atoms with Crippen molar-refractivity contribution in [2.24, 2.45) is 0 Å². The summed E-state index contributed by atoms with van der Waals surface area (Å²) in [6, 6.07) is 26.0. The molecule has 1 aromatic heterocycles. The third-order valence-electron chi connectivity index (χ3n) is 7.44. The second-order valence-corrected chi connectivity index (χ2v) is 13.6. The van der Waals surface area contributed by atoms with Crippen molar-refractivity contribution in [3.05, 3.63) is 134 Å². The molecular weight excluding hydrogens is 677 g/mol. The zero-order valence-electron chi connectivity index (χ0n) is 25.1. The molecule has 0 aliphatic carbocycles. The van der Waals surface area contributed by atoms with E-state index in [1.807, 2.05) is 37.3 Å². The number of ether oxygens (including phenoxy) is 2. The molecule has 1 aliphatic heterocycles. The molecule has 5 aromatic rings. The normalized spacial score (nSPS) is 15.7. The van der Waals surface area contributed by atoms with Crippen molar-refractivity contribution in [3.8, 4) is 11.5 Å². The van der Waals surface area contributed by atoms with Gasteiger partial charge in [0.1, 0.15) is 23.9 Å². The molecule has 0 radical (unpaired) electrons. The summed E-state index contributed by atoms with van der Waals surface area (Å²) in [7, 11) is 1.53. The Morgan fingerprint density at radius 3 is 2.49 bits per heavy atom. The summed E-state index contributed by atoms with van der Waals surface area (Å²) >= 11 is 14.9. The number of aryl methyl sites for hydroxylation is 1. The zero-order chi connectivity index (χ0) is 33.1. The van der Waals surface area contributed by atoms with Crippen molar-refractivity contribution in [2.75, 3.05) is 12.0 Å². The van der Waals surface area contributed by atoms with E-state index in [1.54, 1.807) is 60.7 Å². The van der Waals surface area contributed by atoms with Gasteiger partial charge >= 0.3 is 5.91 Å². The van der Waals surface area contributed by atoms with Crippen LogP contribution in [0.4, 0.5) is 5.13 Å². The Morgan fingerprint density at radius 2 is 1.74 bits per heavy atom. The second kappa shape index (κ2) is 14.2. The van der Waals surface area contributed by atoms with E-state index in [-0.39, 0.29) is 16.5 Å². The van der Waals surface area contributed by atoms with Gasteiger partial charge in [0.25, 0.3) is 5.78 Å². The highest BCUT2D eigenvalue weighted by Crippen LogP contribution is 2.45. The Morgan fingerprint density at radius 1 is 0.957 bits per heavy atom. The highest BCUT2D eigenvalue weighted by molar-refractivity contribution is 8.00. The highest BCUT2D eigenvalue weighted by atomic mass is 35.5. The highest BCUT2D eigenvalue weighted by Gasteiger charge is 2.48. The molecule has 1 atom stereocenters. The van der Waals surface area contributed by atoms with E-state index in [2.05, 4.69) is 10.2 Å². The first-order valence-electron chi connectivity index (χ1n) is 14.4. The summed E-state index contributed by atoms with van der Waals surface area (Å²) in [5.74, 6) is -0.380. The fourth-order valence-corrected chi connectivity index (χ4v) is 7.55. The maximum Gasteiger partial charge on any atom is 0.301 e. The summed E-state index contributed by atoms with van der Waals surface area (Å²) in [5.41, 5.74) is 3.87. The predicted molar refractivity (Wildman–Crippen MR) is 186 cm³/mol. The van der Waals surface area contributed by atoms with Gasteiger partial charge in [0.15, 0.2) is 4.34 Å². The molecule has 1 amide bonds. The first kappa shape index (κ1) is 32.6. The Kier molecular flexibility index (Phi) is 9.84. The average Bonchev–Trinajstić information content (AvgIpc) is 3.65. The van der Waals surface area contributed by atoms with Gasteiger partial charge < -0.3 is 14.6 Å². The second-order valence-electron chi connectivity index (χ2n) is 10.6. The first-order chi connectivity index (χ1) is 22.7. The summed E-state index contributed by atoms with van der Waals surface area (Å²) < 4.78 is 11.9. The van der Waals surface area contributed by atoms with Gasteiger partial charge in [-0.3, -0.25) is 14.5 Å². The summed E-state index contributed by atoms with van der Waals surface area (Å²) in [6.07, 6.45) is 0. The average molecular weight is 705 g/mol. The lowest BCUT2D eigenvalue weighted by molar-refractivity contribution is -0.132. The lowest BCUT2D eigenvalue weighted by atomic mass is 9.95. The summed E-state index contributed by atoms with van der Waals surface area (Å²) in [5, 5.41) is 21.4. The number of anilines is 1. The molecular formula is C35H27Cl2N3O5S2. The maximum atomic E-state index is 13.6. The van der Waals surface area contributed by atoms with Gasteiger partial charge in [-0.15, -0.1) is 10.2 Å². The van der Waals surface area contributed by atoms with Gasteiger partial charge in [0.05, 0.1) is 18.7 Å². The number of aromatic nitrogens is 2. The number of Topliss-reactive ketones (excluding diaryl/α,β-unsaturated/α-hetero) is 1. The van der Waals surface area contributed by atoms with Crippen LogP contribution >= 0.6 is 46.3 Å². The van der Waals surface area contributed by atoms with Crippen LogP contribution in [0.2, 0.25) is 10.0 Å². The fourth-order valence-electron chi connectivity index (χ4n) is 5.13. The van der Waals surface area contributed by atoms with Gasteiger partial charge in [-0.1, -0.05) is 94.3 Å². The van der Waals surface area contributed by atoms with E-state index in [1.165, 1.54) is 23.8 Å². The Bertz CT molecular complexity index is 2000. The van der Waals surface area contributed by atoms with Crippen LogP contribution in [0.15, 0.2) is 101 Å². The lowest BCUT2D eigenvalue weighted by Crippen LogP contribution is -2.29. The smallest absolute Gasteiger partial charge is 0.301 e. The number of aliphatic hydroxyl groups excluding tert-OH is 1. The van der Waals surface area contributed by atoms with Crippen molar-refractivity contribution in [1.29, 1.82) is 0 Å². The molecule has 6 rings (SSSR count). The minimum absolute atomic E-state index is 0.0750. The number of aliphatic hydroxyl groups is 1. The van der Waals surface area contributed by atoms with Gasteiger partial charge in [-0.25, -0.2) is 0 Å². The molecule has 0 bridgehead atoms. The number of methoxy groups -OCH3 is 1. The van der Waals surface area contributed by atoms with Crippen LogP contribution in [0.25, 0.3) is 5.76 Å². The van der Waals surface area contributed by atoms with Crippen LogP contribution in [-0.2, 0) is 21.9 Å². The third-order valence-corrected chi connectivity index (χ3v) is 10.1. The molecule has 1 aliphatic rings. The number of carbonyl (C=O) groups excluding carboxylic acids is 2. The fraction of sp³-hybridized carbons (Fsp3) is 0.143. The lowest BCUT2D eigenvalue weighted by Gasteiger charge is -2.23. The van der Waals surface area contributed by atoms with E-state index in [4.69, 9.17) is 32.7 Å². The van der Waals surface area contributed by atoms with E-state index >= 15 is 0 Å². The number of thioether (sulfide) groups is 1. The van der Waals surface area contributed by atoms with Crippen LogP contribution in [0.1, 0.15) is 33.9 Å². The van der Waals surface area contributed by atoms with Crippen LogP contribution in [-0.4, -0.2) is 34.1 Å². The molecule has 2 heterocycles. The molecule has 1 unspecified atom stereocenters. The zero-order valence-corrected chi connectivity index (χ0v) is 28.3. The monoisotopic (exact) mass is 703 g/mol. The van der Waals surface area contributed by atoms with Crippen LogP contribution in [0, 0.1) is 6.92 Å². The van der Waals surface area contributed by atoms with Crippen molar-refractivity contribution < 1.29 is 24.2 Å². The largest absolute Gasteiger partial charge is 0.507 e. The minimum atomic E-state index is -0.987. The molecule has 4 aromatic carbocycles. The first-order valence-corrected chi connectivity index (χ1v) is 16.9. The van der Waals surface area contributed by atoms with Crippen molar-refractivity contribution in [1.82, 2.24) is 10.2 Å². The van der Waals surface area contributed by atoms with Crippen LogP contribution in [0.3, 0.4) is 0 Å². The number of hydrogen-bond donors (Lipinski definition) is 1. The number of carbonyl (C=O) groups is 2. The van der Waals surface area contributed by atoms with Gasteiger partial charge in [-0.2, -0.15) is 0 Å². The topological polar surface area (TPSA) is 102 Å². The van der Waals surface area contributed by atoms with E-state index < -0.39 is 17.7 Å². The summed E-state index contributed by atoms with van der Waals surface area (Å²) in [6.45, 7) is 2.40. The molecule has 1 saturated heterocycles. The number of ketones is 1. The Labute approximate surface area is 289 Å². The van der Waals surface area contributed by atoms with E-state index in [0.717, 1.165) is 28.0 Å². The number of hydrogen-bond acceptors (Lipinski definition) is 9. The molecule has 12 heteroatoms. The van der Waals surface area contributed by atoms with Crippen LogP contribution < -0.4 is 14.4 Å². The molecule has 1 N–H and O–H groups in total. The molecule has 1 fully saturated rings. The van der Waals surface area contributed by atoms with Gasteiger partial charge in [-0.05, 0) is 72.1 Å². The van der Waals surface area contributed by atoms with E-state index in [9.17, 15) is 14.7 Å². The third kappa shape index (κ3) is 7.16. The van der Waals surface area contributed by atoms with Gasteiger partial charge in [0, 0.05) is 21.4 Å².